The van der Waals surface area contributed by atoms with Crippen molar-refractivity contribution in [2.45, 2.75) is 13.0 Å². The molecule has 1 atom stereocenters. The van der Waals surface area contributed by atoms with E-state index in [1.165, 1.54) is 6.92 Å². The van der Waals surface area contributed by atoms with Gasteiger partial charge in [-0.25, -0.2) is 4.79 Å². The van der Waals surface area contributed by atoms with Crippen molar-refractivity contribution >= 4 is 18.4 Å². The minimum absolute atomic E-state index is 0. The molecule has 4 nitrogen and oxygen atoms in total. The van der Waals surface area contributed by atoms with Crippen molar-refractivity contribution in [1.29, 1.82) is 0 Å². The number of carboxylic acid groups (broad SMARTS) is 1. The highest BCUT2D eigenvalue weighted by Crippen LogP contribution is 1.89. The van der Waals surface area contributed by atoms with Crippen LogP contribution in [-0.4, -0.2) is 49.3 Å². The number of ether oxygens (including phenoxy) is 1. The van der Waals surface area contributed by atoms with Gasteiger partial charge in [0.25, 0.3) is 0 Å². The number of hydrogen-bond donors (Lipinski definition) is 1. The first kappa shape index (κ1) is 14.2. The minimum atomic E-state index is -0.913. The maximum Gasteiger partial charge on any atom is 0.332 e. The monoisotopic (exact) mass is 197 g/mol. The number of rotatable bonds is 5. The molecule has 0 aromatic rings. The molecule has 0 unspecified atom stereocenters. The Kier molecular flexibility index (Phi) is 8.69. The van der Waals surface area contributed by atoms with Crippen LogP contribution < -0.4 is 0 Å². The summed E-state index contributed by atoms with van der Waals surface area (Å²) in [4.78, 5) is 12.2. The first-order chi connectivity index (χ1) is 5.04. The molecule has 0 heterocycles. The van der Waals surface area contributed by atoms with Crippen LogP contribution in [0.2, 0.25) is 0 Å². The SMILES string of the molecule is C[C@@H](OCCN(C)C)C(=O)O.Cl. The standard InChI is InChI=1S/C7H15NO3.ClH/c1-6(7(9)10)11-5-4-8(2)3;/h6H,4-5H2,1-3H3,(H,9,10);1H/t6-;/m1./s1. The van der Waals surface area contributed by atoms with E-state index < -0.39 is 12.1 Å². The van der Waals surface area contributed by atoms with Gasteiger partial charge in [-0.3, -0.25) is 0 Å². The Labute approximate surface area is 78.9 Å². The smallest absolute Gasteiger partial charge is 0.332 e. The molecule has 0 amide bonds. The fraction of sp³-hybridized carbons (Fsp3) is 0.857. The molecule has 5 heteroatoms. The van der Waals surface area contributed by atoms with Crippen molar-refractivity contribution in [1.82, 2.24) is 4.90 Å². The second-order valence-corrected chi connectivity index (χ2v) is 2.65. The van der Waals surface area contributed by atoms with Crippen LogP contribution in [0, 0.1) is 0 Å². The number of carboxylic acids is 1. The average molecular weight is 198 g/mol. The number of carbonyl (C=O) groups is 1. The van der Waals surface area contributed by atoms with E-state index in [4.69, 9.17) is 9.84 Å². The zero-order chi connectivity index (χ0) is 8.85. The zero-order valence-electron chi connectivity index (χ0n) is 7.61. The molecular formula is C7H16ClNO3. The van der Waals surface area contributed by atoms with E-state index >= 15 is 0 Å². The summed E-state index contributed by atoms with van der Waals surface area (Å²) >= 11 is 0. The molecule has 12 heavy (non-hydrogen) atoms. The van der Waals surface area contributed by atoms with Crippen LogP contribution in [0.3, 0.4) is 0 Å². The van der Waals surface area contributed by atoms with E-state index in [9.17, 15) is 4.79 Å². The molecule has 0 rings (SSSR count). The van der Waals surface area contributed by atoms with Crippen molar-refractivity contribution < 1.29 is 14.6 Å². The number of halogens is 1. The van der Waals surface area contributed by atoms with Gasteiger partial charge in [0.1, 0.15) is 0 Å². The molecule has 74 valence electrons. The molecule has 0 aliphatic carbocycles. The highest BCUT2D eigenvalue weighted by molar-refractivity contribution is 5.85. The van der Waals surface area contributed by atoms with Crippen LogP contribution in [0.4, 0.5) is 0 Å². The van der Waals surface area contributed by atoms with Crippen LogP contribution in [0.1, 0.15) is 6.92 Å². The lowest BCUT2D eigenvalue weighted by atomic mass is 10.4. The Morgan fingerprint density at radius 1 is 1.58 bits per heavy atom. The van der Waals surface area contributed by atoms with Crippen LogP contribution in [0.15, 0.2) is 0 Å². The van der Waals surface area contributed by atoms with Gasteiger partial charge in [-0.05, 0) is 21.0 Å². The lowest BCUT2D eigenvalue weighted by molar-refractivity contribution is -0.149. The maximum atomic E-state index is 10.2. The van der Waals surface area contributed by atoms with E-state index in [1.807, 2.05) is 19.0 Å². The molecule has 0 aliphatic rings. The third-order valence-electron chi connectivity index (χ3n) is 1.25. The summed E-state index contributed by atoms with van der Waals surface area (Å²) in [5.74, 6) is -0.913. The van der Waals surface area contributed by atoms with Gasteiger partial charge in [0, 0.05) is 6.54 Å². The molecule has 0 aromatic carbocycles. The van der Waals surface area contributed by atoms with Gasteiger partial charge in [-0.1, -0.05) is 0 Å². The van der Waals surface area contributed by atoms with Gasteiger partial charge in [0.15, 0.2) is 6.10 Å². The number of hydrogen-bond acceptors (Lipinski definition) is 3. The maximum absolute atomic E-state index is 10.2. The molecule has 0 fully saturated rings. The topological polar surface area (TPSA) is 49.8 Å². The Morgan fingerprint density at radius 2 is 2.08 bits per heavy atom. The summed E-state index contributed by atoms with van der Waals surface area (Å²) in [6.07, 6.45) is -0.699. The lowest BCUT2D eigenvalue weighted by Gasteiger charge is -2.11. The van der Waals surface area contributed by atoms with Crippen molar-refractivity contribution in [2.24, 2.45) is 0 Å². The van der Waals surface area contributed by atoms with Crippen molar-refractivity contribution in [3.8, 4) is 0 Å². The summed E-state index contributed by atoms with van der Waals surface area (Å²) in [5, 5.41) is 8.41. The Balaban J connectivity index is 0. The van der Waals surface area contributed by atoms with Gasteiger partial charge in [0.05, 0.1) is 6.61 Å². The Morgan fingerprint density at radius 3 is 2.42 bits per heavy atom. The normalized spacial score (nSPS) is 12.3. The largest absolute Gasteiger partial charge is 0.479 e. The van der Waals surface area contributed by atoms with Crippen molar-refractivity contribution in [2.75, 3.05) is 27.2 Å². The fourth-order valence-corrected chi connectivity index (χ4v) is 0.483. The van der Waals surface area contributed by atoms with Gasteiger partial charge < -0.3 is 14.7 Å². The van der Waals surface area contributed by atoms with Gasteiger partial charge in [-0.2, -0.15) is 0 Å². The predicted molar refractivity (Wildman–Crippen MR) is 48.9 cm³/mol. The quantitative estimate of drug-likeness (QED) is 0.696. The van der Waals surface area contributed by atoms with E-state index in [-0.39, 0.29) is 12.4 Å². The average Bonchev–Trinajstić information content (AvgIpc) is 1.86. The second-order valence-electron chi connectivity index (χ2n) is 2.65. The molecular weight excluding hydrogens is 182 g/mol. The van der Waals surface area contributed by atoms with E-state index in [0.29, 0.717) is 6.61 Å². The molecule has 0 saturated heterocycles. The molecule has 0 aliphatic heterocycles. The minimum Gasteiger partial charge on any atom is -0.479 e. The van der Waals surface area contributed by atoms with E-state index in [0.717, 1.165) is 6.54 Å². The van der Waals surface area contributed by atoms with Gasteiger partial charge in [-0.15, -0.1) is 12.4 Å². The van der Waals surface area contributed by atoms with Crippen molar-refractivity contribution in [3.63, 3.8) is 0 Å². The van der Waals surface area contributed by atoms with Crippen LogP contribution in [0.25, 0.3) is 0 Å². The molecule has 0 radical (unpaired) electrons. The highest BCUT2D eigenvalue weighted by atomic mass is 35.5. The van der Waals surface area contributed by atoms with E-state index in [2.05, 4.69) is 0 Å². The molecule has 1 N–H and O–H groups in total. The van der Waals surface area contributed by atoms with Gasteiger partial charge >= 0.3 is 5.97 Å². The molecule has 0 aromatic heterocycles. The predicted octanol–water partition coefficient (Wildman–Crippen LogP) is 0.460. The summed E-state index contributed by atoms with van der Waals surface area (Å²) in [7, 11) is 3.82. The number of nitrogens with zero attached hydrogens (tertiary/aromatic N) is 1. The zero-order valence-corrected chi connectivity index (χ0v) is 8.43. The summed E-state index contributed by atoms with van der Waals surface area (Å²) in [6, 6.07) is 0. The second kappa shape index (κ2) is 7.34. The van der Waals surface area contributed by atoms with Crippen molar-refractivity contribution in [3.05, 3.63) is 0 Å². The molecule has 0 saturated carbocycles. The lowest BCUT2D eigenvalue weighted by Crippen LogP contribution is -2.25. The van der Waals surface area contributed by atoms with E-state index in [1.54, 1.807) is 0 Å². The summed E-state index contributed by atoms with van der Waals surface area (Å²) < 4.78 is 4.97. The van der Waals surface area contributed by atoms with Crippen LogP contribution >= 0.6 is 12.4 Å². The summed E-state index contributed by atoms with van der Waals surface area (Å²) in [5.41, 5.74) is 0. The number of aliphatic carboxylic acids is 1. The molecule has 0 bridgehead atoms. The van der Waals surface area contributed by atoms with Crippen LogP contribution in [0.5, 0.6) is 0 Å². The Bertz CT molecular complexity index is 130. The first-order valence-corrected chi connectivity index (χ1v) is 3.53. The number of likely N-dealkylation sites (N-methyl/N-ethyl adjacent to an activating group) is 1. The summed E-state index contributed by atoms with van der Waals surface area (Å²) in [6.45, 7) is 2.73. The fourth-order valence-electron chi connectivity index (χ4n) is 0.483. The van der Waals surface area contributed by atoms with Gasteiger partial charge in [0.2, 0.25) is 0 Å². The highest BCUT2D eigenvalue weighted by Gasteiger charge is 2.09. The Hall–Kier alpha value is -0.320. The first-order valence-electron chi connectivity index (χ1n) is 3.53. The third-order valence-corrected chi connectivity index (χ3v) is 1.25. The third kappa shape index (κ3) is 7.78. The van der Waals surface area contributed by atoms with Crippen LogP contribution in [-0.2, 0) is 9.53 Å². The molecule has 0 spiro atoms.